The molecule has 5 heteroatoms. The Kier molecular flexibility index (Phi) is 5.31. The Labute approximate surface area is 129 Å². The van der Waals surface area contributed by atoms with Gasteiger partial charge in [0.25, 0.3) is 0 Å². The summed E-state index contributed by atoms with van der Waals surface area (Å²) in [5.74, 6) is -0.230. The normalized spacial score (nSPS) is 12.4. The van der Waals surface area contributed by atoms with Gasteiger partial charge >= 0.3 is 0 Å². The van der Waals surface area contributed by atoms with E-state index in [1.54, 1.807) is 23.5 Å². The van der Waals surface area contributed by atoms with Crippen molar-refractivity contribution >= 4 is 22.2 Å². The number of nitrogens with zero attached hydrogens (tertiary/aromatic N) is 2. The first kappa shape index (κ1) is 15.9. The average molecular weight is 307 g/mol. The van der Waals surface area contributed by atoms with Crippen molar-refractivity contribution in [3.05, 3.63) is 40.7 Å². The second kappa shape index (κ2) is 7.00. The van der Waals surface area contributed by atoms with Crippen LogP contribution in [0, 0.1) is 12.7 Å². The van der Waals surface area contributed by atoms with Crippen molar-refractivity contribution in [2.45, 2.75) is 33.2 Å². The lowest BCUT2D eigenvalue weighted by Crippen LogP contribution is -2.18. The van der Waals surface area contributed by atoms with Crippen molar-refractivity contribution in [2.75, 3.05) is 18.5 Å². The molecule has 0 aliphatic carbocycles. The Bertz CT molecular complexity index is 597. The van der Waals surface area contributed by atoms with E-state index in [2.05, 4.69) is 24.1 Å². The van der Waals surface area contributed by atoms with Gasteiger partial charge in [0, 0.05) is 18.0 Å². The van der Waals surface area contributed by atoms with E-state index < -0.39 is 0 Å². The van der Waals surface area contributed by atoms with Crippen LogP contribution in [0.15, 0.2) is 24.3 Å². The Morgan fingerprint density at radius 3 is 2.76 bits per heavy atom. The van der Waals surface area contributed by atoms with Crippen molar-refractivity contribution in [1.82, 2.24) is 10.3 Å². The number of hydrogen-bond acceptors (Lipinski definition) is 4. The molecule has 0 amide bonds. The van der Waals surface area contributed by atoms with Crippen LogP contribution < -0.4 is 10.2 Å². The van der Waals surface area contributed by atoms with Gasteiger partial charge in [-0.15, -0.1) is 0 Å². The smallest absolute Gasteiger partial charge is 0.190 e. The highest BCUT2D eigenvalue weighted by atomic mass is 32.1. The molecule has 1 heterocycles. The standard InChI is InChI=1S/C16H22FN3S/c1-5-10-18-11(2)15-12(3)19-16(21-15)20(4)14-9-7-6-8-13(14)17/h6-9,11,18H,5,10H2,1-4H3. The molecule has 1 atom stereocenters. The van der Waals surface area contributed by atoms with Gasteiger partial charge in [-0.1, -0.05) is 30.4 Å². The monoisotopic (exact) mass is 307 g/mol. The van der Waals surface area contributed by atoms with Gasteiger partial charge in [-0.3, -0.25) is 0 Å². The fourth-order valence-corrected chi connectivity index (χ4v) is 3.29. The predicted octanol–water partition coefficient (Wildman–Crippen LogP) is 4.42. The number of nitrogens with one attached hydrogen (secondary N) is 1. The Balaban J connectivity index is 2.24. The number of benzene rings is 1. The molecule has 0 saturated carbocycles. The summed E-state index contributed by atoms with van der Waals surface area (Å²) in [6.45, 7) is 7.28. The van der Waals surface area contributed by atoms with Gasteiger partial charge in [0.2, 0.25) is 0 Å². The first-order valence-electron chi connectivity index (χ1n) is 7.23. The third kappa shape index (κ3) is 3.60. The van der Waals surface area contributed by atoms with Crippen molar-refractivity contribution in [2.24, 2.45) is 0 Å². The summed E-state index contributed by atoms with van der Waals surface area (Å²) >= 11 is 1.62. The Hall–Kier alpha value is -1.46. The van der Waals surface area contributed by atoms with Crippen molar-refractivity contribution < 1.29 is 4.39 Å². The lowest BCUT2D eigenvalue weighted by molar-refractivity contribution is 0.575. The van der Waals surface area contributed by atoms with Crippen LogP contribution in [0.1, 0.15) is 36.9 Å². The summed E-state index contributed by atoms with van der Waals surface area (Å²) < 4.78 is 13.9. The number of aryl methyl sites for hydroxylation is 1. The van der Waals surface area contributed by atoms with Gasteiger partial charge in [-0.2, -0.15) is 0 Å². The number of thiazole rings is 1. The topological polar surface area (TPSA) is 28.2 Å². The van der Waals surface area contributed by atoms with Gasteiger partial charge in [-0.05, 0) is 38.9 Å². The molecule has 0 spiro atoms. The second-order valence-electron chi connectivity index (χ2n) is 5.13. The van der Waals surface area contributed by atoms with E-state index in [9.17, 15) is 4.39 Å². The minimum atomic E-state index is -0.230. The summed E-state index contributed by atoms with van der Waals surface area (Å²) in [5, 5.41) is 4.29. The zero-order valence-electron chi connectivity index (χ0n) is 13.0. The summed E-state index contributed by atoms with van der Waals surface area (Å²) in [5.41, 5.74) is 1.56. The van der Waals surface area contributed by atoms with Gasteiger partial charge in [-0.25, -0.2) is 9.37 Å². The van der Waals surface area contributed by atoms with Crippen molar-refractivity contribution in [1.29, 1.82) is 0 Å². The zero-order chi connectivity index (χ0) is 15.4. The number of hydrogen-bond donors (Lipinski definition) is 1. The third-order valence-electron chi connectivity index (χ3n) is 3.42. The molecule has 0 bridgehead atoms. The number of para-hydroxylation sites is 1. The molecule has 0 radical (unpaired) electrons. The number of aromatic nitrogens is 1. The van der Waals surface area contributed by atoms with E-state index in [1.165, 1.54) is 10.9 Å². The molecule has 0 saturated heterocycles. The van der Waals surface area contributed by atoms with Gasteiger partial charge in [0.1, 0.15) is 5.82 Å². The average Bonchev–Trinajstić information content (AvgIpc) is 2.86. The molecule has 21 heavy (non-hydrogen) atoms. The van der Waals surface area contributed by atoms with Crippen LogP contribution >= 0.6 is 11.3 Å². The molecule has 0 fully saturated rings. The van der Waals surface area contributed by atoms with Crippen LogP contribution in [0.3, 0.4) is 0 Å². The fraction of sp³-hybridized carbons (Fsp3) is 0.438. The highest BCUT2D eigenvalue weighted by molar-refractivity contribution is 7.15. The van der Waals surface area contributed by atoms with E-state index in [4.69, 9.17) is 0 Å². The van der Waals surface area contributed by atoms with E-state index in [0.29, 0.717) is 5.69 Å². The number of rotatable bonds is 6. The fourth-order valence-electron chi connectivity index (χ4n) is 2.22. The highest BCUT2D eigenvalue weighted by Crippen LogP contribution is 2.34. The van der Waals surface area contributed by atoms with Gasteiger partial charge < -0.3 is 10.2 Å². The first-order chi connectivity index (χ1) is 10.0. The molecule has 1 aromatic carbocycles. The summed E-state index contributed by atoms with van der Waals surface area (Å²) in [6, 6.07) is 7.04. The first-order valence-corrected chi connectivity index (χ1v) is 8.05. The van der Waals surface area contributed by atoms with Gasteiger partial charge in [0.05, 0.1) is 11.4 Å². The van der Waals surface area contributed by atoms with Crippen molar-refractivity contribution in [3.8, 4) is 0 Å². The zero-order valence-corrected chi connectivity index (χ0v) is 13.8. The lowest BCUT2D eigenvalue weighted by Gasteiger charge is -2.16. The molecular weight excluding hydrogens is 285 g/mol. The summed E-state index contributed by atoms with van der Waals surface area (Å²) in [6.07, 6.45) is 1.10. The van der Waals surface area contributed by atoms with E-state index in [-0.39, 0.29) is 11.9 Å². The summed E-state index contributed by atoms with van der Waals surface area (Å²) in [7, 11) is 1.85. The van der Waals surface area contributed by atoms with Crippen LogP contribution in [0.25, 0.3) is 0 Å². The molecule has 2 rings (SSSR count). The third-order valence-corrected chi connectivity index (χ3v) is 4.83. The molecule has 114 valence electrons. The molecule has 0 aliphatic heterocycles. The molecule has 1 N–H and O–H groups in total. The second-order valence-corrected chi connectivity index (χ2v) is 6.14. The maximum atomic E-state index is 13.9. The number of halogens is 1. The summed E-state index contributed by atoms with van der Waals surface area (Å²) in [4.78, 5) is 7.61. The molecule has 2 aromatic rings. The minimum absolute atomic E-state index is 0.230. The minimum Gasteiger partial charge on any atom is -0.318 e. The Morgan fingerprint density at radius 1 is 1.38 bits per heavy atom. The molecule has 1 unspecified atom stereocenters. The SMILES string of the molecule is CCCNC(C)c1sc(N(C)c2ccccc2F)nc1C. The van der Waals surface area contributed by atoms with Crippen LogP contribution in [0.5, 0.6) is 0 Å². The highest BCUT2D eigenvalue weighted by Gasteiger charge is 2.18. The Morgan fingerprint density at radius 2 is 2.10 bits per heavy atom. The quantitative estimate of drug-likeness (QED) is 0.856. The largest absolute Gasteiger partial charge is 0.318 e. The maximum absolute atomic E-state index is 13.9. The number of anilines is 2. The van der Waals surface area contributed by atoms with Crippen molar-refractivity contribution in [3.63, 3.8) is 0 Å². The lowest BCUT2D eigenvalue weighted by atomic mass is 10.2. The van der Waals surface area contributed by atoms with Crippen LogP contribution in [0.4, 0.5) is 15.2 Å². The van der Waals surface area contributed by atoms with E-state index in [1.807, 2.05) is 24.9 Å². The molecule has 1 aromatic heterocycles. The predicted molar refractivity (Wildman–Crippen MR) is 88.0 cm³/mol. The van der Waals surface area contributed by atoms with E-state index in [0.717, 1.165) is 23.8 Å². The maximum Gasteiger partial charge on any atom is 0.190 e. The van der Waals surface area contributed by atoms with Crippen LogP contribution in [0.2, 0.25) is 0 Å². The van der Waals surface area contributed by atoms with Crippen LogP contribution in [-0.4, -0.2) is 18.6 Å². The van der Waals surface area contributed by atoms with Gasteiger partial charge in [0.15, 0.2) is 5.13 Å². The molecular formula is C16H22FN3S. The van der Waals surface area contributed by atoms with Crippen LogP contribution in [-0.2, 0) is 0 Å². The van der Waals surface area contributed by atoms with E-state index >= 15 is 0 Å². The molecule has 0 aliphatic rings. The molecule has 3 nitrogen and oxygen atoms in total.